The third-order valence-corrected chi connectivity index (χ3v) is 3.42. The molecule has 3 atom stereocenters. The average molecular weight is 285 g/mol. The average Bonchev–Trinajstić information content (AvgIpc) is 2.41. The summed E-state index contributed by atoms with van der Waals surface area (Å²) in [6.45, 7) is 5.48. The Morgan fingerprint density at radius 2 is 1.95 bits per heavy atom. The fourth-order valence-electron chi connectivity index (χ4n) is 2.38. The van der Waals surface area contributed by atoms with Gasteiger partial charge in [0.05, 0.1) is 0 Å². The number of ether oxygens (including phenoxy) is 2. The van der Waals surface area contributed by atoms with Crippen molar-refractivity contribution < 1.29 is 18.3 Å². The van der Waals surface area contributed by atoms with Gasteiger partial charge in [0.2, 0.25) is 0 Å². The lowest BCUT2D eigenvalue weighted by Crippen LogP contribution is -2.61. The number of nitrogens with one attached hydrogen (secondary N) is 1. The second-order valence-corrected chi connectivity index (χ2v) is 4.94. The number of para-hydroxylation sites is 1. The quantitative estimate of drug-likeness (QED) is 0.835. The van der Waals surface area contributed by atoms with Crippen molar-refractivity contribution in [2.75, 3.05) is 13.2 Å². The Hall–Kier alpha value is -1.20. The first-order valence-corrected chi connectivity index (χ1v) is 7.13. The third kappa shape index (κ3) is 3.27. The fourth-order valence-corrected chi connectivity index (χ4v) is 2.38. The van der Waals surface area contributed by atoms with Crippen molar-refractivity contribution in [3.05, 3.63) is 29.8 Å². The minimum absolute atomic E-state index is 0.158. The van der Waals surface area contributed by atoms with Crippen LogP contribution in [-0.4, -0.2) is 31.4 Å². The molecule has 1 aliphatic rings. The lowest BCUT2D eigenvalue weighted by molar-refractivity contribution is -0.109. The molecule has 1 saturated carbocycles. The van der Waals surface area contributed by atoms with E-state index in [1.807, 2.05) is 13.8 Å². The van der Waals surface area contributed by atoms with Crippen LogP contribution in [0.15, 0.2) is 18.2 Å². The van der Waals surface area contributed by atoms with Gasteiger partial charge in [0.25, 0.3) is 0 Å². The Kier molecular flexibility index (Phi) is 5.31. The largest absolute Gasteiger partial charge is 0.481 e. The summed E-state index contributed by atoms with van der Waals surface area (Å²) in [5.41, 5.74) is 0. The summed E-state index contributed by atoms with van der Waals surface area (Å²) in [7, 11) is 0. The first kappa shape index (κ1) is 15.2. The molecule has 3 unspecified atom stereocenters. The van der Waals surface area contributed by atoms with Gasteiger partial charge >= 0.3 is 0 Å². The second kappa shape index (κ2) is 6.99. The van der Waals surface area contributed by atoms with Crippen molar-refractivity contribution in [3.8, 4) is 5.75 Å². The molecule has 0 amide bonds. The van der Waals surface area contributed by atoms with Crippen LogP contribution in [0.3, 0.4) is 0 Å². The maximum Gasteiger partial charge on any atom is 0.191 e. The molecule has 1 aromatic carbocycles. The summed E-state index contributed by atoms with van der Waals surface area (Å²) >= 11 is 0. The van der Waals surface area contributed by atoms with E-state index in [0.29, 0.717) is 13.0 Å². The van der Waals surface area contributed by atoms with Gasteiger partial charge in [-0.1, -0.05) is 19.9 Å². The highest BCUT2D eigenvalue weighted by molar-refractivity contribution is 5.27. The van der Waals surface area contributed by atoms with Crippen LogP contribution in [-0.2, 0) is 4.74 Å². The highest BCUT2D eigenvalue weighted by Gasteiger charge is 2.44. The normalized spacial score (nSPS) is 25.3. The van der Waals surface area contributed by atoms with Gasteiger partial charge in [-0.05, 0) is 25.1 Å². The number of rotatable bonds is 7. The molecule has 1 fully saturated rings. The summed E-state index contributed by atoms with van der Waals surface area (Å²) in [5.74, 6) is -1.66. The molecule has 1 aliphatic carbocycles. The van der Waals surface area contributed by atoms with Crippen LogP contribution in [0.1, 0.15) is 26.7 Å². The monoisotopic (exact) mass is 285 g/mol. The lowest BCUT2D eigenvalue weighted by Gasteiger charge is -2.44. The van der Waals surface area contributed by atoms with Gasteiger partial charge in [-0.2, -0.15) is 0 Å². The van der Waals surface area contributed by atoms with Gasteiger partial charge in [0.15, 0.2) is 17.4 Å². The van der Waals surface area contributed by atoms with Crippen molar-refractivity contribution in [1.29, 1.82) is 0 Å². The molecule has 0 heterocycles. The predicted molar refractivity (Wildman–Crippen MR) is 72.9 cm³/mol. The Labute approximate surface area is 118 Å². The number of benzene rings is 1. The molecule has 1 N–H and O–H groups in total. The molecule has 0 bridgehead atoms. The van der Waals surface area contributed by atoms with Crippen LogP contribution in [0.25, 0.3) is 0 Å². The molecule has 20 heavy (non-hydrogen) atoms. The van der Waals surface area contributed by atoms with E-state index < -0.39 is 11.6 Å². The number of hydrogen-bond acceptors (Lipinski definition) is 3. The molecule has 112 valence electrons. The van der Waals surface area contributed by atoms with E-state index in [-0.39, 0.29) is 24.0 Å². The van der Waals surface area contributed by atoms with Gasteiger partial charge in [-0.15, -0.1) is 0 Å². The van der Waals surface area contributed by atoms with Gasteiger partial charge in [0, 0.05) is 19.1 Å². The minimum Gasteiger partial charge on any atom is -0.481 e. The molecular weight excluding hydrogens is 264 g/mol. The van der Waals surface area contributed by atoms with Crippen LogP contribution >= 0.6 is 0 Å². The standard InChI is InChI=1S/C15H21F2NO2/c1-3-8-19-15-12(18-4-2)9-13(15)20-14-10(16)6-5-7-11(14)17/h5-7,12-13,15,18H,3-4,8-9H2,1-2H3. The van der Waals surface area contributed by atoms with E-state index in [0.717, 1.165) is 13.0 Å². The minimum atomic E-state index is -0.675. The summed E-state index contributed by atoms with van der Waals surface area (Å²) in [6, 6.07) is 3.90. The van der Waals surface area contributed by atoms with Crippen molar-refractivity contribution >= 4 is 0 Å². The van der Waals surface area contributed by atoms with Crippen molar-refractivity contribution in [2.45, 2.75) is 44.9 Å². The molecule has 0 aliphatic heterocycles. The SMILES string of the molecule is CCCOC1C(NCC)CC1Oc1c(F)cccc1F. The van der Waals surface area contributed by atoms with Crippen molar-refractivity contribution in [2.24, 2.45) is 0 Å². The zero-order valence-corrected chi connectivity index (χ0v) is 11.9. The Morgan fingerprint density at radius 1 is 1.25 bits per heavy atom. The number of halogens is 2. The summed E-state index contributed by atoms with van der Waals surface area (Å²) in [5, 5.41) is 3.29. The highest BCUT2D eigenvalue weighted by Crippen LogP contribution is 2.31. The fraction of sp³-hybridized carbons (Fsp3) is 0.600. The van der Waals surface area contributed by atoms with E-state index in [1.165, 1.54) is 18.2 Å². The molecule has 0 spiro atoms. The molecule has 5 heteroatoms. The summed E-state index contributed by atoms with van der Waals surface area (Å²) < 4.78 is 38.4. The zero-order chi connectivity index (χ0) is 14.5. The highest BCUT2D eigenvalue weighted by atomic mass is 19.1. The van der Waals surface area contributed by atoms with E-state index in [9.17, 15) is 8.78 Å². The maximum absolute atomic E-state index is 13.6. The Morgan fingerprint density at radius 3 is 2.55 bits per heavy atom. The molecule has 2 rings (SSSR count). The van der Waals surface area contributed by atoms with Crippen LogP contribution < -0.4 is 10.1 Å². The summed E-state index contributed by atoms with van der Waals surface area (Å²) in [4.78, 5) is 0. The molecule has 0 aromatic heterocycles. The Bertz CT molecular complexity index is 422. The van der Waals surface area contributed by atoms with Crippen LogP contribution in [0.4, 0.5) is 8.78 Å². The number of hydrogen-bond donors (Lipinski definition) is 1. The molecule has 0 radical (unpaired) electrons. The van der Waals surface area contributed by atoms with Crippen molar-refractivity contribution in [1.82, 2.24) is 5.32 Å². The van der Waals surface area contributed by atoms with Crippen molar-refractivity contribution in [3.63, 3.8) is 0 Å². The molecular formula is C15H21F2NO2. The van der Waals surface area contributed by atoms with Gasteiger partial charge in [0.1, 0.15) is 12.2 Å². The molecule has 0 saturated heterocycles. The van der Waals surface area contributed by atoms with E-state index in [1.54, 1.807) is 0 Å². The molecule has 3 nitrogen and oxygen atoms in total. The smallest absolute Gasteiger partial charge is 0.191 e. The Balaban J connectivity index is 2.01. The second-order valence-electron chi connectivity index (χ2n) is 4.94. The van der Waals surface area contributed by atoms with Gasteiger partial charge in [-0.25, -0.2) is 8.78 Å². The van der Waals surface area contributed by atoms with E-state index in [4.69, 9.17) is 9.47 Å². The first-order valence-electron chi connectivity index (χ1n) is 7.13. The van der Waals surface area contributed by atoms with E-state index in [2.05, 4.69) is 5.32 Å². The number of likely N-dealkylation sites (N-methyl/N-ethyl adjacent to an activating group) is 1. The zero-order valence-electron chi connectivity index (χ0n) is 11.9. The van der Waals surface area contributed by atoms with E-state index >= 15 is 0 Å². The maximum atomic E-state index is 13.6. The van der Waals surface area contributed by atoms with Gasteiger partial charge in [-0.3, -0.25) is 0 Å². The van der Waals surface area contributed by atoms with Crippen LogP contribution in [0, 0.1) is 11.6 Å². The third-order valence-electron chi connectivity index (χ3n) is 3.42. The summed E-state index contributed by atoms with van der Waals surface area (Å²) in [6.07, 6.45) is 1.12. The predicted octanol–water partition coefficient (Wildman–Crippen LogP) is 2.89. The van der Waals surface area contributed by atoms with Crippen LogP contribution in [0.5, 0.6) is 5.75 Å². The van der Waals surface area contributed by atoms with Gasteiger partial charge < -0.3 is 14.8 Å². The molecule has 1 aromatic rings. The topological polar surface area (TPSA) is 30.5 Å². The lowest BCUT2D eigenvalue weighted by atomic mass is 9.85. The first-order chi connectivity index (χ1) is 9.67. The van der Waals surface area contributed by atoms with Crippen LogP contribution in [0.2, 0.25) is 0 Å².